The second-order valence-corrected chi connectivity index (χ2v) is 5.99. The number of halogens is 2. The third-order valence-corrected chi connectivity index (χ3v) is 4.29. The first kappa shape index (κ1) is 17.3. The van der Waals surface area contributed by atoms with Crippen molar-refractivity contribution in [1.29, 1.82) is 0 Å². The molecule has 2 atom stereocenters. The summed E-state index contributed by atoms with van der Waals surface area (Å²) in [4.78, 5) is 18.3. The van der Waals surface area contributed by atoms with Crippen molar-refractivity contribution >= 4 is 5.91 Å². The summed E-state index contributed by atoms with van der Waals surface area (Å²) in [5.74, 6) is -1.55. The number of carbonyl (C=O) groups is 1. The monoisotopic (exact) mass is 348 g/mol. The fourth-order valence-electron chi connectivity index (χ4n) is 3.02. The molecule has 1 amide bonds. The summed E-state index contributed by atoms with van der Waals surface area (Å²) in [7, 11) is 1.53. The number of pyridine rings is 1. The molecule has 1 fully saturated rings. The molecule has 132 valence electrons. The summed E-state index contributed by atoms with van der Waals surface area (Å²) in [6.45, 7) is 0.151. The molecule has 2 heterocycles. The van der Waals surface area contributed by atoms with Crippen LogP contribution in [0.4, 0.5) is 8.78 Å². The van der Waals surface area contributed by atoms with E-state index in [0.717, 1.165) is 12.1 Å². The molecule has 25 heavy (non-hydrogen) atoms. The van der Waals surface area contributed by atoms with Crippen molar-refractivity contribution < 1.29 is 23.4 Å². The zero-order chi connectivity index (χ0) is 18.0. The van der Waals surface area contributed by atoms with Crippen LogP contribution in [0.2, 0.25) is 0 Å². The molecule has 0 aliphatic carbocycles. The van der Waals surface area contributed by atoms with E-state index in [-0.39, 0.29) is 25.3 Å². The second-order valence-electron chi connectivity index (χ2n) is 5.99. The molecule has 0 spiro atoms. The Morgan fingerprint density at radius 2 is 2.12 bits per heavy atom. The van der Waals surface area contributed by atoms with E-state index < -0.39 is 23.8 Å². The number of β-amino-alcohol motifs (C(OH)–C–C–N with tert-alkyl or cyclic N) is 1. The van der Waals surface area contributed by atoms with E-state index in [1.165, 1.54) is 24.3 Å². The number of carbonyl (C=O) groups excluding carboxylic acids is 1. The molecule has 1 aromatic carbocycles. The van der Waals surface area contributed by atoms with Gasteiger partial charge in [-0.2, -0.15) is 0 Å². The van der Waals surface area contributed by atoms with Gasteiger partial charge in [-0.25, -0.2) is 8.78 Å². The van der Waals surface area contributed by atoms with Gasteiger partial charge < -0.3 is 14.7 Å². The maximum Gasteiger partial charge on any atom is 0.229 e. The number of rotatable bonds is 4. The first-order valence-corrected chi connectivity index (χ1v) is 7.89. The fourth-order valence-corrected chi connectivity index (χ4v) is 3.02. The summed E-state index contributed by atoms with van der Waals surface area (Å²) >= 11 is 0. The van der Waals surface area contributed by atoms with Gasteiger partial charge in [-0.3, -0.25) is 9.78 Å². The van der Waals surface area contributed by atoms with Gasteiger partial charge in [0.05, 0.1) is 31.9 Å². The minimum absolute atomic E-state index is 0.0525. The number of likely N-dealkylation sites (tertiary alicyclic amines) is 1. The lowest BCUT2D eigenvalue weighted by molar-refractivity contribution is -0.131. The summed E-state index contributed by atoms with van der Waals surface area (Å²) in [6.07, 6.45) is 1.16. The Labute approximate surface area is 143 Å². The Bertz CT molecular complexity index is 767. The minimum atomic E-state index is -0.969. The van der Waals surface area contributed by atoms with E-state index >= 15 is 0 Å². The van der Waals surface area contributed by atoms with Gasteiger partial charge in [0.1, 0.15) is 5.75 Å². The second kappa shape index (κ2) is 7.14. The number of ether oxygens (including phenoxy) is 1. The van der Waals surface area contributed by atoms with Crippen LogP contribution < -0.4 is 4.74 Å². The first-order valence-electron chi connectivity index (χ1n) is 7.89. The number of hydrogen-bond donors (Lipinski definition) is 1. The molecule has 1 aromatic heterocycles. The highest BCUT2D eigenvalue weighted by molar-refractivity contribution is 5.79. The van der Waals surface area contributed by atoms with E-state index in [9.17, 15) is 18.7 Å². The quantitative estimate of drug-likeness (QED) is 0.921. The Hall–Kier alpha value is -2.54. The van der Waals surface area contributed by atoms with Crippen LogP contribution in [-0.2, 0) is 11.2 Å². The summed E-state index contributed by atoms with van der Waals surface area (Å²) in [5, 5.41) is 9.94. The maximum atomic E-state index is 13.5. The predicted molar refractivity (Wildman–Crippen MR) is 85.9 cm³/mol. The number of hydrogen-bond acceptors (Lipinski definition) is 4. The van der Waals surface area contributed by atoms with Gasteiger partial charge in [0.15, 0.2) is 11.6 Å². The molecule has 2 aromatic rings. The summed E-state index contributed by atoms with van der Waals surface area (Å²) < 4.78 is 31.7. The van der Waals surface area contributed by atoms with Gasteiger partial charge in [0.2, 0.25) is 5.91 Å². The molecular formula is C18H18F2N2O3. The van der Waals surface area contributed by atoms with E-state index in [1.54, 1.807) is 12.1 Å². The van der Waals surface area contributed by atoms with Crippen LogP contribution in [0.1, 0.15) is 23.7 Å². The average molecular weight is 348 g/mol. The van der Waals surface area contributed by atoms with Crippen molar-refractivity contribution in [3.05, 3.63) is 59.4 Å². The number of aromatic nitrogens is 1. The van der Waals surface area contributed by atoms with Crippen LogP contribution in [0, 0.1) is 11.6 Å². The van der Waals surface area contributed by atoms with Gasteiger partial charge in [-0.1, -0.05) is 6.07 Å². The predicted octanol–water partition coefficient (Wildman–Crippen LogP) is 2.25. The lowest BCUT2D eigenvalue weighted by Gasteiger charge is -2.25. The Kier molecular flexibility index (Phi) is 4.94. The SMILES string of the molecule is COc1ccc(CC(=O)N2CC(O)CC2c2ccc(F)c(F)c2)nc1. The van der Waals surface area contributed by atoms with Crippen LogP contribution in [0.5, 0.6) is 5.75 Å². The van der Waals surface area contributed by atoms with E-state index in [2.05, 4.69) is 4.98 Å². The van der Waals surface area contributed by atoms with Crippen molar-refractivity contribution in [3.8, 4) is 5.75 Å². The fraction of sp³-hybridized carbons (Fsp3) is 0.333. The molecule has 2 unspecified atom stereocenters. The third-order valence-electron chi connectivity index (χ3n) is 4.29. The van der Waals surface area contributed by atoms with E-state index in [0.29, 0.717) is 17.0 Å². The molecule has 0 saturated carbocycles. The van der Waals surface area contributed by atoms with Crippen molar-refractivity contribution in [2.24, 2.45) is 0 Å². The lowest BCUT2D eigenvalue weighted by atomic mass is 10.0. The minimum Gasteiger partial charge on any atom is -0.495 e. The summed E-state index contributed by atoms with van der Waals surface area (Å²) in [5.41, 5.74) is 1.03. The highest BCUT2D eigenvalue weighted by atomic mass is 19.2. The largest absolute Gasteiger partial charge is 0.495 e. The van der Waals surface area contributed by atoms with Crippen molar-refractivity contribution in [1.82, 2.24) is 9.88 Å². The van der Waals surface area contributed by atoms with Crippen LogP contribution in [0.15, 0.2) is 36.5 Å². The Balaban J connectivity index is 1.78. The highest BCUT2D eigenvalue weighted by Crippen LogP contribution is 2.33. The zero-order valence-electron chi connectivity index (χ0n) is 13.7. The molecule has 7 heteroatoms. The first-order chi connectivity index (χ1) is 12.0. The summed E-state index contributed by atoms with van der Waals surface area (Å²) in [6, 6.07) is 6.45. The Morgan fingerprint density at radius 1 is 1.32 bits per heavy atom. The van der Waals surface area contributed by atoms with Gasteiger partial charge in [-0.15, -0.1) is 0 Å². The highest BCUT2D eigenvalue weighted by Gasteiger charge is 2.35. The molecule has 1 N–H and O–H groups in total. The Morgan fingerprint density at radius 3 is 2.76 bits per heavy atom. The molecule has 3 rings (SSSR count). The van der Waals surface area contributed by atoms with Crippen LogP contribution >= 0.6 is 0 Å². The van der Waals surface area contributed by atoms with Gasteiger partial charge >= 0.3 is 0 Å². The van der Waals surface area contributed by atoms with Crippen molar-refractivity contribution in [2.45, 2.75) is 25.0 Å². The van der Waals surface area contributed by atoms with E-state index in [4.69, 9.17) is 4.74 Å². The lowest BCUT2D eigenvalue weighted by Crippen LogP contribution is -2.33. The molecule has 5 nitrogen and oxygen atoms in total. The number of methoxy groups -OCH3 is 1. The van der Waals surface area contributed by atoms with Crippen molar-refractivity contribution in [2.75, 3.05) is 13.7 Å². The maximum absolute atomic E-state index is 13.5. The molecule has 1 aliphatic rings. The number of aliphatic hydroxyl groups is 1. The van der Waals surface area contributed by atoms with Crippen LogP contribution in [0.3, 0.4) is 0 Å². The van der Waals surface area contributed by atoms with Gasteiger partial charge in [-0.05, 0) is 36.2 Å². The number of aliphatic hydroxyl groups excluding tert-OH is 1. The molecule has 0 radical (unpaired) electrons. The van der Waals surface area contributed by atoms with Crippen LogP contribution in [-0.4, -0.2) is 40.7 Å². The molecule has 1 saturated heterocycles. The van der Waals surface area contributed by atoms with Crippen molar-refractivity contribution in [3.63, 3.8) is 0 Å². The molecule has 1 aliphatic heterocycles. The third kappa shape index (κ3) is 3.76. The average Bonchev–Trinajstić information content (AvgIpc) is 3.00. The standard InChI is InChI=1S/C18H18F2N2O3/c1-25-14-4-3-12(21-9-14)7-18(24)22-10-13(23)8-17(22)11-2-5-15(19)16(20)6-11/h2-6,9,13,17,23H,7-8,10H2,1H3. The number of amides is 1. The van der Waals surface area contributed by atoms with Gasteiger partial charge in [0.25, 0.3) is 0 Å². The van der Waals surface area contributed by atoms with Crippen LogP contribution in [0.25, 0.3) is 0 Å². The van der Waals surface area contributed by atoms with Gasteiger partial charge in [0, 0.05) is 12.2 Å². The molecular weight excluding hydrogens is 330 g/mol. The molecule has 0 bridgehead atoms. The van der Waals surface area contributed by atoms with E-state index in [1.807, 2.05) is 0 Å². The number of benzene rings is 1. The zero-order valence-corrected chi connectivity index (χ0v) is 13.7. The normalized spacial score (nSPS) is 19.9. The number of nitrogens with zero attached hydrogens (tertiary/aromatic N) is 2. The topological polar surface area (TPSA) is 62.7 Å². The smallest absolute Gasteiger partial charge is 0.229 e.